The Labute approximate surface area is 133 Å². The zero-order valence-corrected chi connectivity index (χ0v) is 14.8. The quantitative estimate of drug-likeness (QED) is 0.695. The first kappa shape index (κ1) is 17.5. The summed E-state index contributed by atoms with van der Waals surface area (Å²) >= 11 is 1.74. The van der Waals surface area contributed by atoms with E-state index in [1.54, 1.807) is 11.8 Å². The van der Waals surface area contributed by atoms with E-state index in [4.69, 9.17) is 4.74 Å². The average molecular weight is 337 g/mol. The van der Waals surface area contributed by atoms with E-state index >= 15 is 0 Å². The van der Waals surface area contributed by atoms with Crippen LogP contribution in [0.1, 0.15) is 19.8 Å². The van der Waals surface area contributed by atoms with Crippen molar-refractivity contribution in [2.75, 3.05) is 57.2 Å². The number of nitrogens with zero attached hydrogens (tertiary/aromatic N) is 1. The minimum absolute atomic E-state index is 0.0696. The van der Waals surface area contributed by atoms with Crippen molar-refractivity contribution in [3.05, 3.63) is 0 Å². The molecule has 2 atom stereocenters. The Morgan fingerprint density at radius 1 is 1.48 bits per heavy atom. The van der Waals surface area contributed by atoms with E-state index in [-0.39, 0.29) is 10.8 Å². The third-order valence-corrected chi connectivity index (χ3v) is 7.02. The summed E-state index contributed by atoms with van der Waals surface area (Å²) in [6.45, 7) is 7.30. The lowest BCUT2D eigenvalue weighted by molar-refractivity contribution is 0.106. The minimum Gasteiger partial charge on any atom is -0.381 e. The maximum atomic E-state index is 12.0. The molecule has 0 aromatic heterocycles. The summed E-state index contributed by atoms with van der Waals surface area (Å²) in [6, 6.07) is 0. The second kappa shape index (κ2) is 7.64. The Morgan fingerprint density at radius 3 is 2.90 bits per heavy atom. The van der Waals surface area contributed by atoms with E-state index in [1.807, 2.05) is 0 Å². The van der Waals surface area contributed by atoms with Gasteiger partial charge in [-0.05, 0) is 19.4 Å². The second-order valence-corrected chi connectivity index (χ2v) is 9.66. The van der Waals surface area contributed by atoms with Crippen molar-refractivity contribution in [1.29, 1.82) is 0 Å². The van der Waals surface area contributed by atoms with E-state index in [0.29, 0.717) is 5.75 Å². The van der Waals surface area contributed by atoms with Crippen molar-refractivity contribution < 1.29 is 13.2 Å². The molecule has 5 nitrogen and oxygen atoms in total. The molecule has 2 aliphatic rings. The Bertz CT molecular complexity index is 422. The van der Waals surface area contributed by atoms with Gasteiger partial charge in [-0.25, -0.2) is 8.42 Å². The Hall–Kier alpha value is 0.180. The highest BCUT2D eigenvalue weighted by molar-refractivity contribution is 8.00. The minimum atomic E-state index is -3.02. The number of hydrogen-bond donors (Lipinski definition) is 1. The van der Waals surface area contributed by atoms with Crippen LogP contribution in [0, 0.1) is 5.41 Å². The van der Waals surface area contributed by atoms with Gasteiger partial charge in [0.1, 0.15) is 5.37 Å². The molecule has 1 N–H and O–H groups in total. The number of ether oxygens (including phenoxy) is 1. The zero-order chi connectivity index (χ0) is 15.3. The molecule has 2 rings (SSSR count). The van der Waals surface area contributed by atoms with Gasteiger partial charge in [-0.15, -0.1) is 0 Å². The fourth-order valence-electron chi connectivity index (χ4n) is 3.12. The molecular formula is C14H28N2O3S2. The molecule has 2 fully saturated rings. The van der Waals surface area contributed by atoms with Crippen LogP contribution in [0.5, 0.6) is 0 Å². The van der Waals surface area contributed by atoms with Crippen LogP contribution < -0.4 is 5.32 Å². The standard InChI is InChI=1S/C14H28N2O3S2/c1-3-5-15-10-14(4-7-19-12-14)11-16-6-8-20-9-13(16)21(2,17)18/h13,15H,3-12H2,1-2H3. The highest BCUT2D eigenvalue weighted by Crippen LogP contribution is 2.32. The molecule has 0 saturated carbocycles. The summed E-state index contributed by atoms with van der Waals surface area (Å²) in [5.41, 5.74) is 0.0696. The molecule has 2 unspecified atom stereocenters. The number of sulfone groups is 1. The van der Waals surface area contributed by atoms with Gasteiger partial charge in [-0.2, -0.15) is 11.8 Å². The van der Waals surface area contributed by atoms with E-state index in [2.05, 4.69) is 17.1 Å². The van der Waals surface area contributed by atoms with E-state index in [1.165, 1.54) is 6.26 Å². The van der Waals surface area contributed by atoms with Crippen molar-refractivity contribution >= 4 is 21.6 Å². The zero-order valence-electron chi connectivity index (χ0n) is 13.1. The Kier molecular flexibility index (Phi) is 6.38. The van der Waals surface area contributed by atoms with Crippen LogP contribution in [0.4, 0.5) is 0 Å². The monoisotopic (exact) mass is 336 g/mol. The predicted octanol–water partition coefficient (Wildman–Crippen LogP) is 0.812. The van der Waals surface area contributed by atoms with Gasteiger partial charge in [0.25, 0.3) is 0 Å². The molecule has 7 heteroatoms. The van der Waals surface area contributed by atoms with Crippen molar-refractivity contribution in [3.63, 3.8) is 0 Å². The molecule has 0 aromatic rings. The SMILES string of the molecule is CCCNCC1(CN2CCSCC2S(C)(=O)=O)CCOC1. The van der Waals surface area contributed by atoms with Gasteiger partial charge in [0.05, 0.1) is 6.61 Å². The lowest BCUT2D eigenvalue weighted by atomic mass is 9.86. The molecule has 0 aliphatic carbocycles. The first-order valence-electron chi connectivity index (χ1n) is 7.76. The highest BCUT2D eigenvalue weighted by Gasteiger charge is 2.40. The van der Waals surface area contributed by atoms with Gasteiger partial charge >= 0.3 is 0 Å². The molecule has 2 heterocycles. The smallest absolute Gasteiger partial charge is 0.164 e. The summed E-state index contributed by atoms with van der Waals surface area (Å²) < 4.78 is 29.7. The molecule has 0 bridgehead atoms. The van der Waals surface area contributed by atoms with Crippen molar-refractivity contribution in [2.24, 2.45) is 5.41 Å². The molecule has 124 valence electrons. The maximum Gasteiger partial charge on any atom is 0.164 e. The largest absolute Gasteiger partial charge is 0.381 e. The fraction of sp³-hybridized carbons (Fsp3) is 1.00. The first-order chi connectivity index (χ1) is 9.97. The van der Waals surface area contributed by atoms with Crippen LogP contribution in [-0.2, 0) is 14.6 Å². The molecule has 0 spiro atoms. The summed E-state index contributed by atoms with van der Waals surface area (Å²) in [6.07, 6.45) is 3.50. The number of nitrogens with one attached hydrogen (secondary N) is 1. The van der Waals surface area contributed by atoms with E-state index in [9.17, 15) is 8.42 Å². The Morgan fingerprint density at radius 2 is 2.29 bits per heavy atom. The van der Waals surface area contributed by atoms with Gasteiger partial charge in [0.15, 0.2) is 9.84 Å². The number of thioether (sulfide) groups is 1. The van der Waals surface area contributed by atoms with Gasteiger partial charge in [-0.1, -0.05) is 6.92 Å². The second-order valence-electron chi connectivity index (χ2n) is 6.31. The molecule has 0 amide bonds. The fourth-order valence-corrected chi connectivity index (χ4v) is 6.06. The molecule has 0 radical (unpaired) electrons. The Balaban J connectivity index is 2.04. The van der Waals surface area contributed by atoms with Crippen LogP contribution >= 0.6 is 11.8 Å². The summed E-state index contributed by atoms with van der Waals surface area (Å²) in [4.78, 5) is 2.17. The summed E-state index contributed by atoms with van der Waals surface area (Å²) in [5, 5.41) is 3.17. The van der Waals surface area contributed by atoms with Gasteiger partial charge < -0.3 is 10.1 Å². The maximum absolute atomic E-state index is 12.0. The van der Waals surface area contributed by atoms with Crippen molar-refractivity contribution in [3.8, 4) is 0 Å². The third-order valence-electron chi connectivity index (χ3n) is 4.34. The van der Waals surface area contributed by atoms with Crippen LogP contribution in [0.25, 0.3) is 0 Å². The normalized spacial score (nSPS) is 31.6. The predicted molar refractivity (Wildman–Crippen MR) is 88.6 cm³/mol. The average Bonchev–Trinajstić information content (AvgIpc) is 2.87. The highest BCUT2D eigenvalue weighted by atomic mass is 32.2. The molecule has 0 aromatic carbocycles. The summed E-state index contributed by atoms with van der Waals surface area (Å²) in [5.74, 6) is 1.71. The van der Waals surface area contributed by atoms with Gasteiger partial charge in [0, 0.05) is 49.4 Å². The van der Waals surface area contributed by atoms with Crippen LogP contribution in [-0.4, -0.2) is 75.8 Å². The number of rotatable bonds is 7. The van der Waals surface area contributed by atoms with Gasteiger partial charge in [-0.3, -0.25) is 4.90 Å². The van der Waals surface area contributed by atoms with Crippen molar-refractivity contribution in [1.82, 2.24) is 10.2 Å². The van der Waals surface area contributed by atoms with Crippen LogP contribution in [0.15, 0.2) is 0 Å². The van der Waals surface area contributed by atoms with E-state index in [0.717, 1.165) is 58.0 Å². The third kappa shape index (κ3) is 4.82. The molecular weight excluding hydrogens is 308 g/mol. The number of hydrogen-bond acceptors (Lipinski definition) is 6. The van der Waals surface area contributed by atoms with Crippen LogP contribution in [0.2, 0.25) is 0 Å². The topological polar surface area (TPSA) is 58.6 Å². The van der Waals surface area contributed by atoms with Crippen molar-refractivity contribution in [2.45, 2.75) is 25.1 Å². The van der Waals surface area contributed by atoms with E-state index < -0.39 is 9.84 Å². The molecule has 21 heavy (non-hydrogen) atoms. The molecule has 2 aliphatic heterocycles. The summed E-state index contributed by atoms with van der Waals surface area (Å²) in [7, 11) is -3.02. The molecule has 2 saturated heterocycles. The first-order valence-corrected chi connectivity index (χ1v) is 10.9. The van der Waals surface area contributed by atoms with Gasteiger partial charge in [0.2, 0.25) is 0 Å². The lowest BCUT2D eigenvalue weighted by Gasteiger charge is -2.40. The van der Waals surface area contributed by atoms with Crippen LogP contribution in [0.3, 0.4) is 0 Å². The lowest BCUT2D eigenvalue weighted by Crippen LogP contribution is -2.53.